The third-order valence-electron chi connectivity index (χ3n) is 4.28. The fourth-order valence-corrected chi connectivity index (χ4v) is 2.94. The highest BCUT2D eigenvalue weighted by Gasteiger charge is 2.22. The first kappa shape index (κ1) is 16.5. The van der Waals surface area contributed by atoms with Gasteiger partial charge in [-0.3, -0.25) is 0 Å². The predicted molar refractivity (Wildman–Crippen MR) is 83.1 cm³/mol. The molecule has 0 spiro atoms. The normalized spacial score (nSPS) is 25.7. The molecule has 0 aliphatic heterocycles. The van der Waals surface area contributed by atoms with Gasteiger partial charge in [0.1, 0.15) is 0 Å². The zero-order chi connectivity index (χ0) is 15.1. The Morgan fingerprint density at radius 3 is 2.95 bits per heavy atom. The van der Waals surface area contributed by atoms with Crippen molar-refractivity contribution in [3.63, 3.8) is 0 Å². The van der Waals surface area contributed by atoms with E-state index in [4.69, 9.17) is 4.74 Å². The van der Waals surface area contributed by atoms with Crippen LogP contribution in [0.15, 0.2) is 18.7 Å². The van der Waals surface area contributed by atoms with Gasteiger partial charge < -0.3 is 19.7 Å². The van der Waals surface area contributed by atoms with Crippen molar-refractivity contribution in [2.45, 2.75) is 64.3 Å². The van der Waals surface area contributed by atoms with Crippen LogP contribution in [0.2, 0.25) is 0 Å². The van der Waals surface area contributed by atoms with Crippen LogP contribution in [0.4, 0.5) is 0 Å². The van der Waals surface area contributed by atoms with Gasteiger partial charge in [-0.05, 0) is 25.7 Å². The average molecular weight is 295 g/mol. The Hall–Kier alpha value is -0.910. The van der Waals surface area contributed by atoms with E-state index in [2.05, 4.69) is 24.1 Å². The van der Waals surface area contributed by atoms with Gasteiger partial charge in [-0.1, -0.05) is 19.8 Å². The van der Waals surface area contributed by atoms with E-state index in [0.29, 0.717) is 31.2 Å². The molecule has 1 saturated carbocycles. The molecule has 21 heavy (non-hydrogen) atoms. The summed E-state index contributed by atoms with van der Waals surface area (Å²) in [5, 5.41) is 13.4. The number of aromatic nitrogens is 2. The fourth-order valence-electron chi connectivity index (χ4n) is 2.94. The number of ether oxygens (including phenoxy) is 1. The van der Waals surface area contributed by atoms with Crippen LogP contribution in [-0.2, 0) is 11.3 Å². The number of rotatable bonds is 8. The van der Waals surface area contributed by atoms with E-state index in [9.17, 15) is 5.11 Å². The molecule has 120 valence electrons. The summed E-state index contributed by atoms with van der Waals surface area (Å²) in [7, 11) is 0. The van der Waals surface area contributed by atoms with E-state index in [-0.39, 0.29) is 0 Å². The van der Waals surface area contributed by atoms with Gasteiger partial charge in [0.15, 0.2) is 0 Å². The Bertz CT molecular complexity index is 383. The van der Waals surface area contributed by atoms with Gasteiger partial charge in [0.2, 0.25) is 0 Å². The summed E-state index contributed by atoms with van der Waals surface area (Å²) in [6.07, 6.45) is 10.4. The van der Waals surface area contributed by atoms with Gasteiger partial charge in [0, 0.05) is 31.5 Å². The van der Waals surface area contributed by atoms with Crippen molar-refractivity contribution in [3.05, 3.63) is 18.7 Å². The topological polar surface area (TPSA) is 59.3 Å². The van der Waals surface area contributed by atoms with Gasteiger partial charge in [-0.2, -0.15) is 0 Å². The fraction of sp³-hybridized carbons (Fsp3) is 0.812. The molecule has 1 fully saturated rings. The maximum Gasteiger partial charge on any atom is 0.0946 e. The first-order valence-electron chi connectivity index (χ1n) is 8.14. The molecule has 4 unspecified atom stereocenters. The lowest BCUT2D eigenvalue weighted by Crippen LogP contribution is -2.39. The first-order valence-corrected chi connectivity index (χ1v) is 8.14. The molecule has 0 saturated heterocycles. The van der Waals surface area contributed by atoms with Crippen molar-refractivity contribution in [2.24, 2.45) is 5.92 Å². The van der Waals surface area contributed by atoms with Crippen LogP contribution < -0.4 is 5.32 Å². The summed E-state index contributed by atoms with van der Waals surface area (Å²) in [6, 6.07) is 0.294. The summed E-state index contributed by atoms with van der Waals surface area (Å²) in [6.45, 7) is 6.21. The second-order valence-electron chi connectivity index (χ2n) is 6.36. The molecule has 0 amide bonds. The number of nitrogens with zero attached hydrogens (tertiary/aromatic N) is 2. The summed E-state index contributed by atoms with van der Waals surface area (Å²) in [5.74, 6) is 0.624. The zero-order valence-electron chi connectivity index (χ0n) is 13.2. The lowest BCUT2D eigenvalue weighted by Gasteiger charge is -2.29. The smallest absolute Gasteiger partial charge is 0.0946 e. The van der Waals surface area contributed by atoms with E-state index in [1.54, 1.807) is 6.20 Å². The minimum atomic E-state index is -0.440. The van der Waals surface area contributed by atoms with E-state index >= 15 is 0 Å². The minimum absolute atomic E-state index is 0.294. The van der Waals surface area contributed by atoms with Crippen LogP contribution >= 0.6 is 0 Å². The van der Waals surface area contributed by atoms with E-state index in [1.165, 1.54) is 19.3 Å². The number of aliphatic hydroxyl groups excluding tert-OH is 1. The molecular formula is C16H29N3O2. The second kappa shape index (κ2) is 8.51. The van der Waals surface area contributed by atoms with Gasteiger partial charge in [-0.25, -0.2) is 4.98 Å². The van der Waals surface area contributed by atoms with Crippen molar-refractivity contribution in [2.75, 3.05) is 13.2 Å². The summed E-state index contributed by atoms with van der Waals surface area (Å²) in [4.78, 5) is 4.02. The Morgan fingerprint density at radius 1 is 1.43 bits per heavy atom. The van der Waals surface area contributed by atoms with E-state index in [1.807, 2.05) is 17.1 Å². The molecular weight excluding hydrogens is 266 g/mol. The van der Waals surface area contributed by atoms with Gasteiger partial charge in [0.25, 0.3) is 0 Å². The average Bonchev–Trinajstić information content (AvgIpc) is 2.97. The molecule has 1 aliphatic rings. The maximum atomic E-state index is 10.0. The summed E-state index contributed by atoms with van der Waals surface area (Å²) < 4.78 is 7.92. The molecule has 1 aromatic rings. The van der Waals surface area contributed by atoms with E-state index < -0.39 is 6.10 Å². The third kappa shape index (κ3) is 5.77. The van der Waals surface area contributed by atoms with Crippen LogP contribution in [0.3, 0.4) is 0 Å². The number of hydrogen-bond acceptors (Lipinski definition) is 4. The molecule has 4 atom stereocenters. The molecule has 1 heterocycles. The molecule has 5 heteroatoms. The zero-order valence-corrected chi connectivity index (χ0v) is 13.2. The molecule has 1 aromatic heterocycles. The van der Waals surface area contributed by atoms with Crippen LogP contribution in [0.1, 0.15) is 39.5 Å². The Balaban J connectivity index is 1.59. The summed E-state index contributed by atoms with van der Waals surface area (Å²) >= 11 is 0. The Labute approximate surface area is 127 Å². The highest BCUT2D eigenvalue weighted by atomic mass is 16.5. The number of imidazole rings is 1. The lowest BCUT2D eigenvalue weighted by molar-refractivity contribution is -0.0456. The molecule has 5 nitrogen and oxygen atoms in total. The first-order chi connectivity index (χ1) is 10.1. The number of nitrogens with one attached hydrogen (secondary N) is 1. The number of aliphatic hydroxyl groups is 1. The third-order valence-corrected chi connectivity index (χ3v) is 4.28. The highest BCUT2D eigenvalue weighted by molar-refractivity contribution is 4.77. The Kier molecular flexibility index (Phi) is 6.67. The Morgan fingerprint density at radius 2 is 2.24 bits per heavy atom. The quantitative estimate of drug-likeness (QED) is 0.768. The van der Waals surface area contributed by atoms with Crippen LogP contribution in [0.25, 0.3) is 0 Å². The van der Waals surface area contributed by atoms with Gasteiger partial charge in [0.05, 0.1) is 25.1 Å². The van der Waals surface area contributed by atoms with Crippen LogP contribution in [0, 0.1) is 5.92 Å². The molecule has 0 radical (unpaired) electrons. The summed E-state index contributed by atoms with van der Waals surface area (Å²) in [5.41, 5.74) is 0. The van der Waals surface area contributed by atoms with Crippen molar-refractivity contribution in [1.82, 2.24) is 14.9 Å². The van der Waals surface area contributed by atoms with Crippen molar-refractivity contribution in [1.29, 1.82) is 0 Å². The monoisotopic (exact) mass is 295 g/mol. The largest absolute Gasteiger partial charge is 0.389 e. The predicted octanol–water partition coefficient (Wildman–Crippen LogP) is 1.82. The molecule has 1 aliphatic carbocycles. The molecule has 2 rings (SSSR count). The second-order valence-corrected chi connectivity index (χ2v) is 6.36. The van der Waals surface area contributed by atoms with Crippen LogP contribution in [0.5, 0.6) is 0 Å². The minimum Gasteiger partial charge on any atom is -0.389 e. The SMILES string of the molecule is CC(Cn1ccnc1)NCC(O)COC1CCCCC1C. The lowest BCUT2D eigenvalue weighted by atomic mass is 9.88. The molecule has 2 N–H and O–H groups in total. The van der Waals surface area contributed by atoms with Crippen molar-refractivity contribution in [3.8, 4) is 0 Å². The molecule has 0 bridgehead atoms. The van der Waals surface area contributed by atoms with Crippen LogP contribution in [-0.4, -0.2) is 46.1 Å². The highest BCUT2D eigenvalue weighted by Crippen LogP contribution is 2.26. The standard InChI is InChI=1S/C16H29N3O2/c1-13-5-3-4-6-16(13)21-11-15(20)9-18-14(2)10-19-8-7-17-12-19/h7-8,12-16,18,20H,3-6,9-11H2,1-2H3. The van der Waals surface area contributed by atoms with E-state index in [0.717, 1.165) is 13.0 Å². The molecule has 0 aromatic carbocycles. The van der Waals surface area contributed by atoms with Gasteiger partial charge >= 0.3 is 0 Å². The van der Waals surface area contributed by atoms with Crippen molar-refractivity contribution < 1.29 is 9.84 Å². The maximum absolute atomic E-state index is 10.0. The van der Waals surface area contributed by atoms with Gasteiger partial charge in [-0.15, -0.1) is 0 Å². The van der Waals surface area contributed by atoms with Crippen molar-refractivity contribution >= 4 is 0 Å². The number of hydrogen-bond donors (Lipinski definition) is 2.